The zero-order valence-corrected chi connectivity index (χ0v) is 15.8. The molecule has 1 atom stereocenters. The van der Waals surface area contributed by atoms with Gasteiger partial charge in [0.25, 0.3) is 0 Å². The highest BCUT2D eigenvalue weighted by atomic mass is 32.2. The molecule has 1 amide bonds. The molecule has 0 radical (unpaired) electrons. The molecule has 0 spiro atoms. The minimum Gasteiger partial charge on any atom is -0.324 e. The molecule has 0 aliphatic carbocycles. The Morgan fingerprint density at radius 3 is 2.24 bits per heavy atom. The van der Waals surface area contributed by atoms with Gasteiger partial charge < -0.3 is 5.32 Å². The number of hydrogen-bond donors (Lipinski definition) is 1. The molecule has 0 saturated carbocycles. The summed E-state index contributed by atoms with van der Waals surface area (Å²) in [6.07, 6.45) is 1.48. The summed E-state index contributed by atoms with van der Waals surface area (Å²) in [6, 6.07) is 13.5. The molecule has 0 fully saturated rings. The summed E-state index contributed by atoms with van der Waals surface area (Å²) in [5, 5.41) is 2.84. The Labute approximate surface area is 149 Å². The monoisotopic (exact) mass is 360 g/mol. The normalized spacial score (nSPS) is 12.5. The van der Waals surface area contributed by atoms with E-state index in [1.807, 2.05) is 32.0 Å². The fourth-order valence-corrected chi connectivity index (χ4v) is 3.89. The largest absolute Gasteiger partial charge is 0.324 e. The van der Waals surface area contributed by atoms with Crippen LogP contribution in [-0.2, 0) is 14.8 Å². The Kier molecular flexibility index (Phi) is 5.85. The third-order valence-corrected chi connectivity index (χ3v) is 5.29. The SMILES string of the molecule is CC[C@@H](C(=O)Nc1ccc(C)c(C)c1)N(c1ccccc1)S(C)(=O)=O. The van der Waals surface area contributed by atoms with Crippen molar-refractivity contribution in [1.82, 2.24) is 0 Å². The average molecular weight is 360 g/mol. The van der Waals surface area contributed by atoms with Gasteiger partial charge in [-0.2, -0.15) is 0 Å². The first-order valence-corrected chi connectivity index (χ1v) is 10.0. The van der Waals surface area contributed by atoms with Gasteiger partial charge in [0.05, 0.1) is 11.9 Å². The lowest BCUT2D eigenvalue weighted by atomic mass is 10.1. The van der Waals surface area contributed by atoms with Crippen molar-refractivity contribution in [3.05, 3.63) is 59.7 Å². The standard InChI is InChI=1S/C19H24N2O3S/c1-5-18(19(22)20-16-12-11-14(2)15(3)13-16)21(25(4,23)24)17-9-7-6-8-10-17/h6-13,18H,5H2,1-4H3,(H,20,22)/t18-/m0/s1. The number of aryl methyl sites for hydroxylation is 2. The Morgan fingerprint density at radius 2 is 1.72 bits per heavy atom. The van der Waals surface area contributed by atoms with Gasteiger partial charge in [-0.1, -0.05) is 31.2 Å². The van der Waals surface area contributed by atoms with E-state index in [4.69, 9.17) is 0 Å². The van der Waals surface area contributed by atoms with Crippen LogP contribution in [-0.4, -0.2) is 26.6 Å². The molecule has 1 N–H and O–H groups in total. The highest BCUT2D eigenvalue weighted by Crippen LogP contribution is 2.23. The lowest BCUT2D eigenvalue weighted by molar-refractivity contribution is -0.117. The molecule has 25 heavy (non-hydrogen) atoms. The zero-order chi connectivity index (χ0) is 18.6. The number of sulfonamides is 1. The van der Waals surface area contributed by atoms with Crippen molar-refractivity contribution in [2.24, 2.45) is 0 Å². The first kappa shape index (κ1) is 19.0. The summed E-state index contributed by atoms with van der Waals surface area (Å²) >= 11 is 0. The van der Waals surface area contributed by atoms with E-state index in [0.29, 0.717) is 17.8 Å². The molecule has 0 aromatic heterocycles. The van der Waals surface area contributed by atoms with Crippen molar-refractivity contribution in [2.75, 3.05) is 15.9 Å². The number of para-hydroxylation sites is 1. The zero-order valence-electron chi connectivity index (χ0n) is 15.0. The third-order valence-electron chi connectivity index (χ3n) is 4.11. The van der Waals surface area contributed by atoms with Crippen LogP contribution in [0.2, 0.25) is 0 Å². The second-order valence-electron chi connectivity index (χ2n) is 6.11. The molecule has 5 nitrogen and oxygen atoms in total. The molecule has 0 bridgehead atoms. The average Bonchev–Trinajstić information content (AvgIpc) is 2.55. The van der Waals surface area contributed by atoms with Gasteiger partial charge in [0.15, 0.2) is 0 Å². The van der Waals surface area contributed by atoms with E-state index in [-0.39, 0.29) is 5.91 Å². The van der Waals surface area contributed by atoms with Gasteiger partial charge in [0.1, 0.15) is 6.04 Å². The van der Waals surface area contributed by atoms with Crippen molar-refractivity contribution in [3.63, 3.8) is 0 Å². The van der Waals surface area contributed by atoms with Crippen LogP contribution in [0, 0.1) is 13.8 Å². The molecule has 134 valence electrons. The molecule has 0 aliphatic rings. The summed E-state index contributed by atoms with van der Waals surface area (Å²) in [5.74, 6) is -0.347. The maximum Gasteiger partial charge on any atom is 0.248 e. The fraction of sp³-hybridized carbons (Fsp3) is 0.316. The predicted molar refractivity (Wildman–Crippen MR) is 102 cm³/mol. The lowest BCUT2D eigenvalue weighted by Gasteiger charge is -2.30. The number of anilines is 2. The van der Waals surface area contributed by atoms with Gasteiger partial charge in [-0.25, -0.2) is 8.42 Å². The van der Waals surface area contributed by atoms with Crippen LogP contribution in [0.3, 0.4) is 0 Å². The summed E-state index contributed by atoms with van der Waals surface area (Å²) in [6.45, 7) is 5.76. The molecule has 2 aromatic carbocycles. The first-order chi connectivity index (χ1) is 11.7. The van der Waals surface area contributed by atoms with Crippen molar-refractivity contribution >= 4 is 27.3 Å². The van der Waals surface area contributed by atoms with Crippen LogP contribution < -0.4 is 9.62 Å². The predicted octanol–water partition coefficient (Wildman–Crippen LogP) is 3.49. The van der Waals surface area contributed by atoms with Crippen LogP contribution >= 0.6 is 0 Å². The topological polar surface area (TPSA) is 66.5 Å². The number of carbonyl (C=O) groups excluding carboxylic acids is 1. The van der Waals surface area contributed by atoms with Gasteiger partial charge in [-0.3, -0.25) is 9.10 Å². The number of nitrogens with zero attached hydrogens (tertiary/aromatic N) is 1. The van der Waals surface area contributed by atoms with E-state index < -0.39 is 16.1 Å². The van der Waals surface area contributed by atoms with Crippen LogP contribution in [0.25, 0.3) is 0 Å². The molecule has 2 aromatic rings. The number of hydrogen-bond acceptors (Lipinski definition) is 3. The van der Waals surface area contributed by atoms with E-state index in [9.17, 15) is 13.2 Å². The maximum atomic E-state index is 12.8. The number of benzene rings is 2. The minimum atomic E-state index is -3.61. The second-order valence-corrected chi connectivity index (χ2v) is 7.97. The summed E-state index contributed by atoms with van der Waals surface area (Å²) < 4.78 is 25.9. The highest BCUT2D eigenvalue weighted by Gasteiger charge is 2.31. The Balaban J connectivity index is 2.34. The smallest absolute Gasteiger partial charge is 0.248 e. The minimum absolute atomic E-state index is 0.347. The van der Waals surface area contributed by atoms with Crippen LogP contribution in [0.15, 0.2) is 48.5 Å². The molecular formula is C19H24N2O3S. The van der Waals surface area contributed by atoms with Crippen molar-refractivity contribution in [2.45, 2.75) is 33.2 Å². The van der Waals surface area contributed by atoms with Crippen LogP contribution in [0.4, 0.5) is 11.4 Å². The van der Waals surface area contributed by atoms with Crippen LogP contribution in [0.5, 0.6) is 0 Å². The Hall–Kier alpha value is -2.34. The van der Waals surface area contributed by atoms with E-state index in [1.165, 1.54) is 4.31 Å². The number of nitrogens with one attached hydrogen (secondary N) is 1. The number of rotatable bonds is 6. The van der Waals surface area contributed by atoms with Crippen molar-refractivity contribution < 1.29 is 13.2 Å². The summed E-state index contributed by atoms with van der Waals surface area (Å²) in [4.78, 5) is 12.8. The lowest BCUT2D eigenvalue weighted by Crippen LogP contribution is -2.46. The van der Waals surface area contributed by atoms with Gasteiger partial charge in [-0.15, -0.1) is 0 Å². The van der Waals surface area contributed by atoms with E-state index >= 15 is 0 Å². The van der Waals surface area contributed by atoms with E-state index in [0.717, 1.165) is 17.4 Å². The number of carbonyl (C=O) groups is 1. The van der Waals surface area contributed by atoms with Gasteiger partial charge in [0.2, 0.25) is 15.9 Å². The van der Waals surface area contributed by atoms with E-state index in [2.05, 4.69) is 5.32 Å². The molecule has 6 heteroatoms. The molecule has 0 heterocycles. The Morgan fingerprint density at radius 1 is 1.08 bits per heavy atom. The maximum absolute atomic E-state index is 12.8. The molecule has 2 rings (SSSR count). The van der Waals surface area contributed by atoms with E-state index in [1.54, 1.807) is 37.3 Å². The van der Waals surface area contributed by atoms with Gasteiger partial charge in [-0.05, 0) is 55.7 Å². The van der Waals surface area contributed by atoms with Crippen molar-refractivity contribution in [1.29, 1.82) is 0 Å². The Bertz CT molecular complexity index is 848. The first-order valence-electron chi connectivity index (χ1n) is 8.16. The van der Waals surface area contributed by atoms with Gasteiger partial charge in [0, 0.05) is 5.69 Å². The molecule has 0 unspecified atom stereocenters. The van der Waals surface area contributed by atoms with Crippen molar-refractivity contribution in [3.8, 4) is 0 Å². The molecule has 0 saturated heterocycles. The second kappa shape index (κ2) is 7.70. The van der Waals surface area contributed by atoms with Gasteiger partial charge >= 0.3 is 0 Å². The molecule has 0 aliphatic heterocycles. The number of amides is 1. The van der Waals surface area contributed by atoms with Crippen LogP contribution in [0.1, 0.15) is 24.5 Å². The highest BCUT2D eigenvalue weighted by molar-refractivity contribution is 7.92. The summed E-state index contributed by atoms with van der Waals surface area (Å²) in [7, 11) is -3.61. The quantitative estimate of drug-likeness (QED) is 0.857. The molecular weight excluding hydrogens is 336 g/mol. The fourth-order valence-electron chi connectivity index (χ4n) is 2.68. The third kappa shape index (κ3) is 4.60. The summed E-state index contributed by atoms with van der Waals surface area (Å²) in [5.41, 5.74) is 3.33.